The van der Waals surface area contributed by atoms with Crippen LogP contribution in [0.1, 0.15) is 18.5 Å². The van der Waals surface area contributed by atoms with Crippen molar-refractivity contribution in [2.24, 2.45) is 0 Å². The minimum atomic E-state index is -0.312. The van der Waals surface area contributed by atoms with E-state index in [0.29, 0.717) is 17.2 Å². The highest BCUT2D eigenvalue weighted by molar-refractivity contribution is 9.10. The molecule has 0 bridgehead atoms. The predicted molar refractivity (Wildman–Crippen MR) is 140 cm³/mol. The molecule has 3 aromatic heterocycles. The van der Waals surface area contributed by atoms with Crippen molar-refractivity contribution in [3.63, 3.8) is 0 Å². The van der Waals surface area contributed by atoms with Crippen molar-refractivity contribution in [3.05, 3.63) is 76.7 Å². The fourth-order valence-corrected chi connectivity index (χ4v) is 4.60. The summed E-state index contributed by atoms with van der Waals surface area (Å²) in [5, 5.41) is 16.6. The van der Waals surface area contributed by atoms with Crippen LogP contribution in [-0.2, 0) is 11.2 Å². The van der Waals surface area contributed by atoms with Crippen LogP contribution in [0.25, 0.3) is 32.9 Å². The third-order valence-electron chi connectivity index (χ3n) is 5.23. The summed E-state index contributed by atoms with van der Waals surface area (Å²) in [4.78, 5) is 13.4. The summed E-state index contributed by atoms with van der Waals surface area (Å²) in [6, 6.07) is 17.0. The molecule has 176 valence electrons. The summed E-state index contributed by atoms with van der Waals surface area (Å²) in [7, 11) is 1.56. The van der Waals surface area contributed by atoms with E-state index in [1.165, 1.54) is 17.4 Å². The molecule has 10 heteroatoms. The number of nitrogens with one attached hydrogen (secondary N) is 1. The van der Waals surface area contributed by atoms with Crippen molar-refractivity contribution in [1.82, 2.24) is 19.8 Å². The summed E-state index contributed by atoms with van der Waals surface area (Å²) in [5.41, 5.74) is 2.33. The average Bonchev–Trinajstić information content (AvgIpc) is 3.59. The second kappa shape index (κ2) is 9.85. The van der Waals surface area contributed by atoms with Crippen molar-refractivity contribution in [3.8, 4) is 27.6 Å². The molecular formula is C25H20BrN5O3S. The first-order chi connectivity index (χ1) is 17.0. The molecule has 2 aromatic carbocycles. The Labute approximate surface area is 213 Å². The van der Waals surface area contributed by atoms with Gasteiger partial charge in [0.2, 0.25) is 10.9 Å². The molecule has 8 nitrogen and oxygen atoms in total. The van der Waals surface area contributed by atoms with Crippen molar-refractivity contribution in [1.29, 1.82) is 0 Å². The number of carbonyl (C=O) groups is 1. The summed E-state index contributed by atoms with van der Waals surface area (Å²) in [6.07, 6.45) is 3.79. The number of fused-ring (bicyclic) bond motifs is 1. The van der Waals surface area contributed by atoms with E-state index in [9.17, 15) is 4.79 Å². The summed E-state index contributed by atoms with van der Waals surface area (Å²) < 4.78 is 14.0. The van der Waals surface area contributed by atoms with Gasteiger partial charge in [-0.25, -0.2) is 0 Å². The lowest BCUT2D eigenvalue weighted by molar-refractivity contribution is -0.111. The molecule has 1 N–H and O–H groups in total. The minimum absolute atomic E-state index is 0.312. The number of nitrogens with zero attached hydrogens (tertiary/aromatic N) is 4. The molecule has 35 heavy (non-hydrogen) atoms. The zero-order valence-corrected chi connectivity index (χ0v) is 21.3. The molecule has 0 unspecified atom stereocenters. The second-order valence-corrected chi connectivity index (χ2v) is 9.39. The minimum Gasteiger partial charge on any atom is -0.495 e. The summed E-state index contributed by atoms with van der Waals surface area (Å²) in [5.74, 6) is 2.33. The lowest BCUT2D eigenvalue weighted by Gasteiger charge is -2.10. The van der Waals surface area contributed by atoms with E-state index >= 15 is 0 Å². The van der Waals surface area contributed by atoms with Gasteiger partial charge in [-0.05, 0) is 48.5 Å². The molecule has 5 aromatic rings. The van der Waals surface area contributed by atoms with Gasteiger partial charge in [0.25, 0.3) is 0 Å². The van der Waals surface area contributed by atoms with Crippen LogP contribution in [0.2, 0.25) is 0 Å². The van der Waals surface area contributed by atoms with E-state index < -0.39 is 0 Å². The van der Waals surface area contributed by atoms with Crippen LogP contribution < -0.4 is 10.1 Å². The average molecular weight is 550 g/mol. The maximum Gasteiger partial charge on any atom is 0.248 e. The molecule has 0 aliphatic rings. The van der Waals surface area contributed by atoms with E-state index in [4.69, 9.17) is 9.15 Å². The fourth-order valence-electron chi connectivity index (χ4n) is 3.48. The number of halogens is 1. The van der Waals surface area contributed by atoms with Crippen LogP contribution in [0.3, 0.4) is 0 Å². The molecule has 0 atom stereocenters. The normalized spacial score (nSPS) is 11.4. The van der Waals surface area contributed by atoms with Crippen LogP contribution in [-0.4, -0.2) is 32.8 Å². The lowest BCUT2D eigenvalue weighted by atomic mass is 10.2. The lowest BCUT2D eigenvalue weighted by Crippen LogP contribution is -2.09. The van der Waals surface area contributed by atoms with E-state index in [1.807, 2.05) is 55.5 Å². The van der Waals surface area contributed by atoms with Gasteiger partial charge in [0.05, 0.1) is 12.8 Å². The number of rotatable bonds is 7. The highest BCUT2D eigenvalue weighted by Crippen LogP contribution is 2.33. The third-order valence-corrected chi connectivity index (χ3v) is 6.71. The molecule has 0 spiro atoms. The molecule has 0 fully saturated rings. The molecule has 0 saturated heterocycles. The molecule has 1 amide bonds. The number of ether oxygens (including phenoxy) is 1. The van der Waals surface area contributed by atoms with Gasteiger partial charge in [-0.15, -0.1) is 10.2 Å². The van der Waals surface area contributed by atoms with Crippen LogP contribution in [0.5, 0.6) is 5.75 Å². The number of hydrogen-bond donors (Lipinski definition) is 1. The Hall–Kier alpha value is -3.76. The first kappa shape index (κ1) is 23.0. The van der Waals surface area contributed by atoms with Gasteiger partial charge in [-0.3, -0.25) is 4.79 Å². The Balaban J connectivity index is 1.33. The van der Waals surface area contributed by atoms with E-state index in [2.05, 4.69) is 36.5 Å². The monoisotopic (exact) mass is 549 g/mol. The number of aromatic nitrogens is 4. The quantitative estimate of drug-likeness (QED) is 0.246. The van der Waals surface area contributed by atoms with Gasteiger partial charge in [0.1, 0.15) is 22.3 Å². The molecule has 0 aliphatic heterocycles. The number of furan rings is 1. The van der Waals surface area contributed by atoms with Gasteiger partial charge in [-0.2, -0.15) is 9.61 Å². The van der Waals surface area contributed by atoms with E-state index in [0.717, 1.165) is 43.6 Å². The zero-order valence-electron chi connectivity index (χ0n) is 18.9. The Bertz CT molecular complexity index is 1530. The third kappa shape index (κ3) is 4.89. The van der Waals surface area contributed by atoms with Gasteiger partial charge in [0.15, 0.2) is 5.82 Å². The SMILES string of the molecule is CCc1nnc2sc(-c3ccc(OC)c(NC(=O)/C=C/c4ccc(-c5ccc(Br)cc5)o4)c3)nn12. The number of carbonyl (C=O) groups excluding carboxylic acids is 1. The van der Waals surface area contributed by atoms with E-state index in [1.54, 1.807) is 23.8 Å². The van der Waals surface area contributed by atoms with E-state index in [-0.39, 0.29) is 5.91 Å². The van der Waals surface area contributed by atoms with Crippen LogP contribution in [0.15, 0.2) is 69.6 Å². The molecular weight excluding hydrogens is 530 g/mol. The highest BCUT2D eigenvalue weighted by atomic mass is 79.9. The number of benzene rings is 2. The van der Waals surface area contributed by atoms with Crippen molar-refractivity contribution in [2.75, 3.05) is 12.4 Å². The van der Waals surface area contributed by atoms with Crippen molar-refractivity contribution >= 4 is 49.9 Å². The number of aryl methyl sites for hydroxylation is 1. The first-order valence-corrected chi connectivity index (χ1v) is 12.4. The maximum atomic E-state index is 12.7. The Morgan fingerprint density at radius 3 is 2.71 bits per heavy atom. The number of methoxy groups -OCH3 is 1. The smallest absolute Gasteiger partial charge is 0.248 e. The molecule has 0 aliphatic carbocycles. The largest absolute Gasteiger partial charge is 0.495 e. The fraction of sp³-hybridized carbons (Fsp3) is 0.120. The highest BCUT2D eigenvalue weighted by Gasteiger charge is 2.14. The Kier molecular flexibility index (Phi) is 6.47. The van der Waals surface area contributed by atoms with Gasteiger partial charge >= 0.3 is 0 Å². The van der Waals surface area contributed by atoms with Gasteiger partial charge in [0, 0.05) is 28.1 Å². The van der Waals surface area contributed by atoms with Crippen LogP contribution in [0.4, 0.5) is 5.69 Å². The number of amides is 1. The Morgan fingerprint density at radius 1 is 1.14 bits per heavy atom. The number of hydrogen-bond acceptors (Lipinski definition) is 7. The second-order valence-electron chi connectivity index (χ2n) is 7.52. The molecule has 0 radical (unpaired) electrons. The molecule has 5 rings (SSSR count). The van der Waals surface area contributed by atoms with Crippen LogP contribution in [0, 0.1) is 0 Å². The van der Waals surface area contributed by atoms with Crippen molar-refractivity contribution in [2.45, 2.75) is 13.3 Å². The summed E-state index contributed by atoms with van der Waals surface area (Å²) >= 11 is 4.86. The van der Waals surface area contributed by atoms with Crippen LogP contribution >= 0.6 is 27.3 Å². The summed E-state index contributed by atoms with van der Waals surface area (Å²) in [6.45, 7) is 2.01. The van der Waals surface area contributed by atoms with Gasteiger partial charge < -0.3 is 14.5 Å². The Morgan fingerprint density at radius 2 is 1.94 bits per heavy atom. The topological polar surface area (TPSA) is 94.6 Å². The van der Waals surface area contributed by atoms with Gasteiger partial charge in [-0.1, -0.05) is 46.3 Å². The number of anilines is 1. The standard InChI is InChI=1S/C25H20BrN5O3S/c1-3-22-28-29-25-31(22)30-24(35-25)16-6-11-21(33-2)19(14-16)27-23(32)13-10-18-9-12-20(34-18)15-4-7-17(26)8-5-15/h4-14H,3H2,1-2H3,(H,27,32)/b13-10+. The maximum absolute atomic E-state index is 12.7. The first-order valence-electron chi connectivity index (χ1n) is 10.8. The van der Waals surface area contributed by atoms with Crippen molar-refractivity contribution < 1.29 is 13.9 Å². The zero-order chi connectivity index (χ0) is 24.4. The molecule has 0 saturated carbocycles. The molecule has 3 heterocycles. The predicted octanol–water partition coefficient (Wildman–Crippen LogP) is 6.10.